The molecule has 0 aliphatic rings. The van der Waals surface area contributed by atoms with E-state index in [1.807, 2.05) is 0 Å². The Morgan fingerprint density at radius 1 is 0.407 bits per heavy atom. The van der Waals surface area contributed by atoms with Crippen LogP contribution in [0, 0.1) is 0 Å². The molecule has 10 aromatic rings. The number of benzene rings is 9. The van der Waals surface area contributed by atoms with Crippen LogP contribution in [0.2, 0.25) is 0 Å². The van der Waals surface area contributed by atoms with Crippen LogP contribution in [-0.2, 0) is 5.41 Å². The number of rotatable bonds is 5. The molecule has 1 heterocycles. The lowest BCUT2D eigenvalue weighted by Gasteiger charge is -2.28. The molecule has 2 heteroatoms. The van der Waals surface area contributed by atoms with Crippen LogP contribution in [0.3, 0.4) is 0 Å². The molecule has 0 amide bonds. The summed E-state index contributed by atoms with van der Waals surface area (Å²) in [6.45, 7) is 6.81. The average molecular weight is 694 g/mol. The van der Waals surface area contributed by atoms with Gasteiger partial charge in [-0.05, 0) is 96.7 Å². The predicted octanol–water partition coefficient (Wildman–Crippen LogP) is 15.1. The molecule has 1 aromatic heterocycles. The molecule has 0 saturated heterocycles. The van der Waals surface area contributed by atoms with Crippen LogP contribution in [0.4, 0.5) is 17.1 Å². The second-order valence-corrected chi connectivity index (χ2v) is 15.3. The van der Waals surface area contributed by atoms with Gasteiger partial charge in [0.25, 0.3) is 0 Å². The molecule has 2 nitrogen and oxygen atoms in total. The molecule has 0 fully saturated rings. The fourth-order valence-corrected chi connectivity index (χ4v) is 8.51. The van der Waals surface area contributed by atoms with Gasteiger partial charge in [0, 0.05) is 33.3 Å². The first-order valence-corrected chi connectivity index (χ1v) is 18.8. The quantitative estimate of drug-likeness (QED) is 0.167. The van der Waals surface area contributed by atoms with E-state index < -0.39 is 0 Å². The number of hydrogen-bond donors (Lipinski definition) is 0. The molecule has 0 spiro atoms. The van der Waals surface area contributed by atoms with Crippen molar-refractivity contribution >= 4 is 71.1 Å². The lowest BCUT2D eigenvalue weighted by atomic mass is 9.83. The standard InChI is InChI=1S/C52H39NO/c1-52(2,3)50-46-25-12-13-26-49(46)54-51(50)37-17-14-18-39(31-37)53(48-33-36-16-5-7-20-41(36)43-22-10-11-24-45(43)48)38-29-27-34(28-30-38)47-32-35-15-4-6-19-40(35)42-21-8-9-23-44(42)47/h4-33H,1-3H3. The van der Waals surface area contributed by atoms with Gasteiger partial charge in [0.15, 0.2) is 0 Å². The molecule has 0 bridgehead atoms. The van der Waals surface area contributed by atoms with Crippen LogP contribution in [0.5, 0.6) is 0 Å². The maximum Gasteiger partial charge on any atom is 0.139 e. The van der Waals surface area contributed by atoms with E-state index in [1.165, 1.54) is 65.2 Å². The van der Waals surface area contributed by atoms with Gasteiger partial charge in [0.05, 0.1) is 5.69 Å². The fraction of sp³-hybridized carbons (Fsp3) is 0.0769. The molecule has 0 N–H and O–H groups in total. The summed E-state index contributed by atoms with van der Waals surface area (Å²) in [6, 6.07) is 66.0. The highest BCUT2D eigenvalue weighted by Crippen LogP contribution is 2.46. The van der Waals surface area contributed by atoms with Crippen molar-refractivity contribution in [3.8, 4) is 22.5 Å². The highest BCUT2D eigenvalue weighted by molar-refractivity contribution is 6.15. The Hall–Kier alpha value is -6.64. The van der Waals surface area contributed by atoms with Crippen LogP contribution in [0.15, 0.2) is 186 Å². The third-order valence-corrected chi connectivity index (χ3v) is 10.9. The zero-order valence-electron chi connectivity index (χ0n) is 30.7. The van der Waals surface area contributed by atoms with Gasteiger partial charge in [-0.15, -0.1) is 0 Å². The normalized spacial score (nSPS) is 12.0. The minimum absolute atomic E-state index is 0.116. The van der Waals surface area contributed by atoms with Crippen LogP contribution >= 0.6 is 0 Å². The summed E-state index contributed by atoms with van der Waals surface area (Å²) in [6.07, 6.45) is 0. The third kappa shape index (κ3) is 5.25. The molecule has 0 aliphatic heterocycles. The van der Waals surface area contributed by atoms with Crippen molar-refractivity contribution in [1.82, 2.24) is 0 Å². The Kier molecular flexibility index (Phi) is 7.42. The zero-order chi connectivity index (χ0) is 36.4. The summed E-state index contributed by atoms with van der Waals surface area (Å²) >= 11 is 0. The molecular weight excluding hydrogens is 655 g/mol. The van der Waals surface area contributed by atoms with Crippen molar-refractivity contribution in [3.63, 3.8) is 0 Å². The molecular formula is C52H39NO. The van der Waals surface area contributed by atoms with Crippen LogP contribution < -0.4 is 4.90 Å². The van der Waals surface area contributed by atoms with Gasteiger partial charge in [-0.1, -0.05) is 160 Å². The monoisotopic (exact) mass is 693 g/mol. The van der Waals surface area contributed by atoms with E-state index in [-0.39, 0.29) is 5.41 Å². The summed E-state index contributed by atoms with van der Waals surface area (Å²) in [5.74, 6) is 0.924. The van der Waals surface area contributed by atoms with Crippen molar-refractivity contribution < 1.29 is 4.42 Å². The van der Waals surface area contributed by atoms with Gasteiger partial charge >= 0.3 is 0 Å². The summed E-state index contributed by atoms with van der Waals surface area (Å²) in [5, 5.41) is 11.1. The SMILES string of the molecule is CC(C)(C)c1c(-c2cccc(N(c3ccc(-c4cc5ccccc5c5ccccc45)cc3)c3cc4ccccc4c4ccccc34)c2)oc2ccccc12. The van der Waals surface area contributed by atoms with E-state index in [1.54, 1.807) is 0 Å². The predicted molar refractivity (Wildman–Crippen MR) is 230 cm³/mol. The molecule has 9 aromatic carbocycles. The molecule has 0 saturated carbocycles. The van der Waals surface area contributed by atoms with Crippen LogP contribution in [0.25, 0.3) is 76.5 Å². The minimum atomic E-state index is -0.116. The maximum absolute atomic E-state index is 6.70. The number of para-hydroxylation sites is 1. The fourth-order valence-electron chi connectivity index (χ4n) is 8.51. The number of fused-ring (bicyclic) bond motifs is 7. The van der Waals surface area contributed by atoms with Gasteiger partial charge in [-0.2, -0.15) is 0 Å². The maximum atomic E-state index is 6.70. The van der Waals surface area contributed by atoms with Gasteiger partial charge in [-0.3, -0.25) is 0 Å². The van der Waals surface area contributed by atoms with E-state index in [0.717, 1.165) is 34.0 Å². The molecule has 10 rings (SSSR count). The second kappa shape index (κ2) is 12.5. The van der Waals surface area contributed by atoms with Crippen molar-refractivity contribution in [2.45, 2.75) is 26.2 Å². The molecule has 0 radical (unpaired) electrons. The highest BCUT2D eigenvalue weighted by Gasteiger charge is 2.27. The highest BCUT2D eigenvalue weighted by atomic mass is 16.3. The Morgan fingerprint density at radius 3 is 1.65 bits per heavy atom. The van der Waals surface area contributed by atoms with E-state index in [9.17, 15) is 0 Å². The van der Waals surface area contributed by atoms with Gasteiger partial charge in [-0.25, -0.2) is 0 Å². The number of furan rings is 1. The van der Waals surface area contributed by atoms with Crippen LogP contribution in [0.1, 0.15) is 26.3 Å². The van der Waals surface area contributed by atoms with Crippen LogP contribution in [-0.4, -0.2) is 0 Å². The number of nitrogens with zero attached hydrogens (tertiary/aromatic N) is 1. The first kappa shape index (κ1) is 32.0. The summed E-state index contributed by atoms with van der Waals surface area (Å²) in [4.78, 5) is 2.42. The summed E-state index contributed by atoms with van der Waals surface area (Å²) in [5.41, 5.74) is 8.79. The van der Waals surface area contributed by atoms with Crippen molar-refractivity contribution in [2.24, 2.45) is 0 Å². The zero-order valence-corrected chi connectivity index (χ0v) is 30.7. The van der Waals surface area contributed by atoms with E-state index in [4.69, 9.17) is 4.42 Å². The van der Waals surface area contributed by atoms with E-state index in [2.05, 4.69) is 208 Å². The Bertz CT molecular complexity index is 3030. The topological polar surface area (TPSA) is 16.4 Å². The van der Waals surface area contributed by atoms with Gasteiger partial charge in [0.1, 0.15) is 11.3 Å². The number of anilines is 3. The smallest absolute Gasteiger partial charge is 0.139 e. The molecule has 0 atom stereocenters. The Labute approximate surface area is 315 Å². The second-order valence-electron chi connectivity index (χ2n) is 15.3. The van der Waals surface area contributed by atoms with Crippen molar-refractivity contribution in [2.75, 3.05) is 4.90 Å². The molecule has 54 heavy (non-hydrogen) atoms. The Morgan fingerprint density at radius 2 is 0.963 bits per heavy atom. The lowest BCUT2D eigenvalue weighted by Crippen LogP contribution is -2.12. The third-order valence-electron chi connectivity index (χ3n) is 10.9. The average Bonchev–Trinajstić information content (AvgIpc) is 3.62. The lowest BCUT2D eigenvalue weighted by molar-refractivity contribution is 0.568. The van der Waals surface area contributed by atoms with Crippen molar-refractivity contribution in [1.29, 1.82) is 0 Å². The number of hydrogen-bond acceptors (Lipinski definition) is 2. The summed E-state index contributed by atoms with van der Waals surface area (Å²) in [7, 11) is 0. The molecule has 258 valence electrons. The summed E-state index contributed by atoms with van der Waals surface area (Å²) < 4.78 is 6.70. The Balaban J connectivity index is 1.19. The first-order valence-electron chi connectivity index (χ1n) is 18.8. The first-order chi connectivity index (χ1) is 26.4. The minimum Gasteiger partial charge on any atom is -0.456 e. The van der Waals surface area contributed by atoms with Gasteiger partial charge in [0.2, 0.25) is 0 Å². The molecule has 0 aliphatic carbocycles. The van der Waals surface area contributed by atoms with Gasteiger partial charge < -0.3 is 9.32 Å². The van der Waals surface area contributed by atoms with E-state index in [0.29, 0.717) is 0 Å². The molecule has 0 unspecified atom stereocenters. The van der Waals surface area contributed by atoms with E-state index >= 15 is 0 Å². The largest absolute Gasteiger partial charge is 0.456 e. The van der Waals surface area contributed by atoms with Crippen molar-refractivity contribution in [3.05, 3.63) is 188 Å².